The molecule has 3 rings (SSSR count). The molecule has 0 aliphatic carbocycles. The Balaban J connectivity index is 1.61. The van der Waals surface area contributed by atoms with E-state index in [1.165, 1.54) is 12.1 Å². The maximum absolute atomic E-state index is 12.9. The molecule has 4 heteroatoms. The number of aromatic nitrogens is 1. The van der Waals surface area contributed by atoms with Crippen molar-refractivity contribution < 1.29 is 13.8 Å². The van der Waals surface area contributed by atoms with Crippen LogP contribution in [0.25, 0.3) is 11.1 Å². The van der Waals surface area contributed by atoms with E-state index in [-0.39, 0.29) is 18.3 Å². The van der Waals surface area contributed by atoms with Gasteiger partial charge in [-0.3, -0.25) is 4.79 Å². The van der Waals surface area contributed by atoms with Gasteiger partial charge in [-0.2, -0.15) is 4.57 Å². The van der Waals surface area contributed by atoms with Gasteiger partial charge < -0.3 is 5.32 Å². The molecule has 0 bridgehead atoms. The minimum absolute atomic E-state index is 0.0884. The molecule has 0 spiro atoms. The van der Waals surface area contributed by atoms with Crippen molar-refractivity contribution in [2.45, 2.75) is 13.1 Å². The number of nitrogens with zero attached hydrogens (tertiary/aromatic N) is 1. The molecule has 1 amide bonds. The summed E-state index contributed by atoms with van der Waals surface area (Å²) >= 11 is 0. The summed E-state index contributed by atoms with van der Waals surface area (Å²) in [5, 5.41) is 2.84. The first kappa shape index (κ1) is 15.9. The summed E-state index contributed by atoms with van der Waals surface area (Å²) in [5.41, 5.74) is 3.04. The zero-order valence-corrected chi connectivity index (χ0v) is 13.2. The number of nitrogens with one attached hydrogen (secondary N) is 1. The number of rotatable bonds is 5. The maximum Gasteiger partial charge on any atom is 0.286 e. The molecule has 1 N–H and O–H groups in total. The molecule has 3 nitrogen and oxygen atoms in total. The van der Waals surface area contributed by atoms with Crippen LogP contribution in [0.5, 0.6) is 0 Å². The highest BCUT2D eigenvalue weighted by Gasteiger charge is 2.10. The van der Waals surface area contributed by atoms with E-state index in [4.69, 9.17) is 0 Å². The number of amides is 1. The third kappa shape index (κ3) is 4.26. The molecule has 0 atom stereocenters. The van der Waals surface area contributed by atoms with Crippen LogP contribution in [-0.2, 0) is 17.9 Å². The van der Waals surface area contributed by atoms with Gasteiger partial charge in [0.25, 0.3) is 5.91 Å². The molecule has 120 valence electrons. The number of carbonyl (C=O) groups is 1. The summed E-state index contributed by atoms with van der Waals surface area (Å²) in [6.45, 7) is 0.625. The minimum atomic E-state index is -0.279. The third-order valence-corrected chi connectivity index (χ3v) is 3.69. The Morgan fingerprint density at radius 1 is 0.917 bits per heavy atom. The molecular weight excluding hydrogens is 303 g/mol. The van der Waals surface area contributed by atoms with Crippen molar-refractivity contribution in [3.05, 3.63) is 90.5 Å². The smallest absolute Gasteiger partial charge is 0.286 e. The number of hydrogen-bond acceptors (Lipinski definition) is 1. The Morgan fingerprint density at radius 3 is 2.38 bits per heavy atom. The topological polar surface area (TPSA) is 33.0 Å². The number of hydrogen-bond donors (Lipinski definition) is 1. The second-order valence-electron chi connectivity index (χ2n) is 5.53. The number of halogens is 1. The fourth-order valence-electron chi connectivity index (χ4n) is 2.45. The van der Waals surface area contributed by atoms with Crippen molar-refractivity contribution >= 4 is 5.91 Å². The van der Waals surface area contributed by atoms with Crippen LogP contribution >= 0.6 is 0 Å². The lowest BCUT2D eigenvalue weighted by molar-refractivity contribution is -0.684. The van der Waals surface area contributed by atoms with Gasteiger partial charge in [0.15, 0.2) is 12.4 Å². The number of benzene rings is 2. The van der Waals surface area contributed by atoms with Gasteiger partial charge in [0.1, 0.15) is 5.82 Å². The van der Waals surface area contributed by atoms with Crippen molar-refractivity contribution in [2.75, 3.05) is 0 Å². The lowest BCUT2D eigenvalue weighted by Gasteiger charge is -2.04. The lowest BCUT2D eigenvalue weighted by Crippen LogP contribution is -2.42. The Labute approximate surface area is 140 Å². The van der Waals surface area contributed by atoms with Crippen LogP contribution in [0.1, 0.15) is 5.56 Å². The highest BCUT2D eigenvalue weighted by molar-refractivity contribution is 5.74. The average Bonchev–Trinajstić information content (AvgIpc) is 2.62. The Hall–Kier alpha value is -3.01. The van der Waals surface area contributed by atoms with E-state index >= 15 is 0 Å². The van der Waals surface area contributed by atoms with Crippen molar-refractivity contribution in [1.29, 1.82) is 0 Å². The predicted octanol–water partition coefficient (Wildman–Crippen LogP) is 3.10. The van der Waals surface area contributed by atoms with Crippen LogP contribution in [0, 0.1) is 5.82 Å². The molecule has 0 radical (unpaired) electrons. The van der Waals surface area contributed by atoms with Gasteiger partial charge in [-0.15, -0.1) is 0 Å². The largest absolute Gasteiger partial charge is 0.347 e. The highest BCUT2D eigenvalue weighted by Crippen LogP contribution is 2.15. The van der Waals surface area contributed by atoms with Crippen molar-refractivity contribution in [2.24, 2.45) is 0 Å². The summed E-state index contributed by atoms with van der Waals surface area (Å²) in [6.07, 6.45) is 3.82. The predicted molar refractivity (Wildman–Crippen MR) is 90.3 cm³/mol. The number of pyridine rings is 1. The van der Waals surface area contributed by atoms with E-state index in [0.717, 1.165) is 16.7 Å². The zero-order chi connectivity index (χ0) is 16.8. The van der Waals surface area contributed by atoms with E-state index in [9.17, 15) is 9.18 Å². The quantitative estimate of drug-likeness (QED) is 0.720. The van der Waals surface area contributed by atoms with E-state index in [1.54, 1.807) is 12.1 Å². The molecule has 3 aromatic rings. The molecule has 0 saturated carbocycles. The van der Waals surface area contributed by atoms with Crippen LogP contribution in [0.2, 0.25) is 0 Å². The van der Waals surface area contributed by atoms with Crippen LogP contribution in [0.3, 0.4) is 0 Å². The van der Waals surface area contributed by atoms with Crippen molar-refractivity contribution in [1.82, 2.24) is 5.32 Å². The molecule has 2 aromatic carbocycles. The molecule has 24 heavy (non-hydrogen) atoms. The average molecular weight is 321 g/mol. The van der Waals surface area contributed by atoms with Gasteiger partial charge in [-0.1, -0.05) is 42.5 Å². The molecule has 1 aromatic heterocycles. The molecule has 0 unspecified atom stereocenters. The van der Waals surface area contributed by atoms with E-state index in [0.29, 0.717) is 6.54 Å². The fraction of sp³-hybridized carbons (Fsp3) is 0.100. The Morgan fingerprint density at radius 2 is 1.62 bits per heavy atom. The molecule has 0 saturated heterocycles. The summed E-state index contributed by atoms with van der Waals surface area (Å²) < 4.78 is 14.7. The van der Waals surface area contributed by atoms with E-state index in [1.807, 2.05) is 59.4 Å². The summed E-state index contributed by atoms with van der Waals surface area (Å²) in [7, 11) is 0. The SMILES string of the molecule is O=C(C[n+]1cccc(-c2ccccc2)c1)NCc1ccc(F)cc1. The third-order valence-electron chi connectivity index (χ3n) is 3.69. The standard InChI is InChI=1S/C20H17FN2O/c21-19-10-8-16(9-11-19)13-22-20(24)15-23-12-4-7-18(14-23)17-5-2-1-3-6-17/h1-12,14H,13,15H2/p+1. The monoisotopic (exact) mass is 321 g/mol. The first-order chi connectivity index (χ1) is 11.7. The van der Waals surface area contributed by atoms with Crippen LogP contribution < -0.4 is 9.88 Å². The fourth-order valence-corrected chi connectivity index (χ4v) is 2.45. The second kappa shape index (κ2) is 7.51. The molecule has 0 aliphatic heterocycles. The van der Waals surface area contributed by atoms with Gasteiger partial charge in [-0.25, -0.2) is 4.39 Å². The molecule has 0 fully saturated rings. The summed E-state index contributed by atoms with van der Waals surface area (Å²) in [4.78, 5) is 12.1. The van der Waals surface area contributed by atoms with Crippen molar-refractivity contribution in [3.8, 4) is 11.1 Å². The molecule has 0 aliphatic rings. The highest BCUT2D eigenvalue weighted by atomic mass is 19.1. The van der Waals surface area contributed by atoms with Gasteiger partial charge in [0.05, 0.1) is 0 Å². The normalized spacial score (nSPS) is 10.4. The van der Waals surface area contributed by atoms with Gasteiger partial charge >= 0.3 is 0 Å². The molecular formula is C20H18FN2O+. The van der Waals surface area contributed by atoms with Crippen LogP contribution in [0.15, 0.2) is 79.1 Å². The molecule has 1 heterocycles. The Kier molecular flexibility index (Phi) is 4.96. The number of carbonyl (C=O) groups excluding carboxylic acids is 1. The zero-order valence-electron chi connectivity index (χ0n) is 13.2. The van der Waals surface area contributed by atoms with Crippen molar-refractivity contribution in [3.63, 3.8) is 0 Å². The van der Waals surface area contributed by atoms with Gasteiger partial charge in [0.2, 0.25) is 6.54 Å². The van der Waals surface area contributed by atoms with E-state index < -0.39 is 0 Å². The second-order valence-corrected chi connectivity index (χ2v) is 5.53. The maximum atomic E-state index is 12.9. The van der Waals surface area contributed by atoms with Gasteiger partial charge in [0, 0.05) is 18.2 Å². The Bertz CT molecular complexity index is 817. The first-order valence-electron chi connectivity index (χ1n) is 7.76. The summed E-state index contributed by atoms with van der Waals surface area (Å²) in [5.74, 6) is -0.368. The van der Waals surface area contributed by atoms with Crippen LogP contribution in [0.4, 0.5) is 4.39 Å². The first-order valence-corrected chi connectivity index (χ1v) is 7.76. The lowest BCUT2D eigenvalue weighted by atomic mass is 10.1. The van der Waals surface area contributed by atoms with Gasteiger partial charge in [-0.05, 0) is 29.3 Å². The van der Waals surface area contributed by atoms with Crippen LogP contribution in [-0.4, -0.2) is 5.91 Å². The summed E-state index contributed by atoms with van der Waals surface area (Å²) in [6, 6.07) is 20.1. The minimum Gasteiger partial charge on any atom is -0.347 e. The van der Waals surface area contributed by atoms with E-state index in [2.05, 4.69) is 5.32 Å².